The molecule has 0 aliphatic carbocycles. The van der Waals surface area contributed by atoms with E-state index in [1.54, 1.807) is 0 Å². The normalized spacial score (nSPS) is 12.2. The van der Waals surface area contributed by atoms with Gasteiger partial charge >= 0.3 is 0 Å². The molecule has 0 aliphatic rings. The first-order valence-corrected chi connectivity index (χ1v) is 4.83. The highest BCUT2D eigenvalue weighted by molar-refractivity contribution is 9.10. The van der Waals surface area contributed by atoms with Crippen LogP contribution in [0.2, 0.25) is 0 Å². The fourth-order valence-electron chi connectivity index (χ4n) is 1.23. The van der Waals surface area contributed by atoms with E-state index in [2.05, 4.69) is 22.0 Å². The number of nitriles is 1. The summed E-state index contributed by atoms with van der Waals surface area (Å²) < 4.78 is 1.04. The van der Waals surface area contributed by atoms with Crippen molar-refractivity contribution in [1.82, 2.24) is 0 Å². The van der Waals surface area contributed by atoms with Crippen molar-refractivity contribution in [3.05, 3.63) is 33.8 Å². The first-order valence-electron chi connectivity index (χ1n) is 4.04. The van der Waals surface area contributed by atoms with Gasteiger partial charge in [0.25, 0.3) is 0 Å². The average Bonchev–Trinajstić information content (AvgIpc) is 2.10. The Kier molecular flexibility index (Phi) is 3.47. The monoisotopic (exact) mass is 238 g/mol. The highest BCUT2D eigenvalue weighted by Crippen LogP contribution is 2.24. The lowest BCUT2D eigenvalue weighted by Gasteiger charge is -2.12. The molecule has 0 saturated heterocycles. The molecule has 2 N–H and O–H groups in total. The van der Waals surface area contributed by atoms with E-state index in [0.717, 1.165) is 15.6 Å². The SMILES string of the molecule is Cc1c(Br)cccc1[C@H](N)CC#N. The Morgan fingerprint density at radius 1 is 1.62 bits per heavy atom. The van der Waals surface area contributed by atoms with E-state index in [1.165, 1.54) is 0 Å². The minimum Gasteiger partial charge on any atom is -0.323 e. The zero-order valence-electron chi connectivity index (χ0n) is 7.42. The van der Waals surface area contributed by atoms with Crippen molar-refractivity contribution >= 4 is 15.9 Å². The molecule has 0 spiro atoms. The molecule has 0 aliphatic heterocycles. The lowest BCUT2D eigenvalue weighted by molar-refractivity contribution is 0.742. The highest BCUT2D eigenvalue weighted by atomic mass is 79.9. The molecular formula is C10H11BrN2. The minimum absolute atomic E-state index is 0.178. The Hall–Kier alpha value is -0.850. The van der Waals surface area contributed by atoms with E-state index in [1.807, 2.05) is 25.1 Å². The number of nitrogens with two attached hydrogens (primary N) is 1. The zero-order valence-corrected chi connectivity index (χ0v) is 9.01. The topological polar surface area (TPSA) is 49.8 Å². The third kappa shape index (κ3) is 2.30. The maximum atomic E-state index is 8.52. The fourth-order valence-corrected chi connectivity index (χ4v) is 1.62. The van der Waals surface area contributed by atoms with Crippen LogP contribution in [0.25, 0.3) is 0 Å². The molecule has 2 nitrogen and oxygen atoms in total. The van der Waals surface area contributed by atoms with Crippen LogP contribution in [-0.2, 0) is 0 Å². The molecule has 0 bridgehead atoms. The minimum atomic E-state index is -0.178. The Bertz CT molecular complexity index is 341. The van der Waals surface area contributed by atoms with Crippen LogP contribution in [0, 0.1) is 18.3 Å². The quantitative estimate of drug-likeness (QED) is 0.862. The largest absolute Gasteiger partial charge is 0.323 e. The Balaban J connectivity index is 3.02. The first kappa shape index (κ1) is 10.2. The lowest BCUT2D eigenvalue weighted by atomic mass is 10.0. The average molecular weight is 239 g/mol. The molecule has 0 fully saturated rings. The predicted octanol–water partition coefficient (Wildman–Crippen LogP) is 2.67. The van der Waals surface area contributed by atoms with Crippen LogP contribution in [0.15, 0.2) is 22.7 Å². The molecule has 1 aromatic rings. The first-order chi connectivity index (χ1) is 6.16. The molecule has 1 atom stereocenters. The number of halogens is 1. The highest BCUT2D eigenvalue weighted by Gasteiger charge is 2.09. The Labute approximate surface area is 86.5 Å². The maximum Gasteiger partial charge on any atom is 0.0641 e. The molecule has 13 heavy (non-hydrogen) atoms. The van der Waals surface area contributed by atoms with Gasteiger partial charge in [-0.2, -0.15) is 5.26 Å². The molecule has 3 heteroatoms. The summed E-state index contributed by atoms with van der Waals surface area (Å²) >= 11 is 3.43. The van der Waals surface area contributed by atoms with Crippen LogP contribution in [-0.4, -0.2) is 0 Å². The van der Waals surface area contributed by atoms with Crippen LogP contribution < -0.4 is 5.73 Å². The van der Waals surface area contributed by atoms with Gasteiger partial charge in [-0.25, -0.2) is 0 Å². The van der Waals surface area contributed by atoms with E-state index < -0.39 is 0 Å². The Morgan fingerprint density at radius 2 is 2.31 bits per heavy atom. The second-order valence-electron chi connectivity index (χ2n) is 2.92. The maximum absolute atomic E-state index is 8.52. The third-order valence-electron chi connectivity index (χ3n) is 2.02. The number of hydrogen-bond acceptors (Lipinski definition) is 2. The van der Waals surface area contributed by atoms with Crippen LogP contribution in [0.5, 0.6) is 0 Å². The van der Waals surface area contributed by atoms with Crippen molar-refractivity contribution < 1.29 is 0 Å². The van der Waals surface area contributed by atoms with Crippen molar-refractivity contribution in [3.8, 4) is 6.07 Å². The second-order valence-corrected chi connectivity index (χ2v) is 3.78. The summed E-state index contributed by atoms with van der Waals surface area (Å²) in [6, 6.07) is 7.76. The fraction of sp³-hybridized carbons (Fsp3) is 0.300. The molecular weight excluding hydrogens is 228 g/mol. The van der Waals surface area contributed by atoms with Gasteiger partial charge < -0.3 is 5.73 Å². The van der Waals surface area contributed by atoms with Gasteiger partial charge in [0.15, 0.2) is 0 Å². The van der Waals surface area contributed by atoms with Gasteiger partial charge in [-0.3, -0.25) is 0 Å². The van der Waals surface area contributed by atoms with Crippen molar-refractivity contribution in [1.29, 1.82) is 5.26 Å². The third-order valence-corrected chi connectivity index (χ3v) is 2.88. The van der Waals surface area contributed by atoms with Crippen molar-refractivity contribution in [3.63, 3.8) is 0 Å². The summed E-state index contributed by atoms with van der Waals surface area (Å²) in [4.78, 5) is 0. The van der Waals surface area contributed by atoms with E-state index in [-0.39, 0.29) is 6.04 Å². The van der Waals surface area contributed by atoms with E-state index in [4.69, 9.17) is 11.0 Å². The van der Waals surface area contributed by atoms with E-state index >= 15 is 0 Å². The van der Waals surface area contributed by atoms with E-state index in [0.29, 0.717) is 6.42 Å². The van der Waals surface area contributed by atoms with Gasteiger partial charge in [-0.05, 0) is 24.1 Å². The summed E-state index contributed by atoms with van der Waals surface area (Å²) in [6.45, 7) is 2.00. The van der Waals surface area contributed by atoms with Crippen LogP contribution in [0.3, 0.4) is 0 Å². The standard InChI is InChI=1S/C10H11BrN2/c1-7-8(10(13)5-6-12)3-2-4-9(7)11/h2-4,10H,5,13H2,1H3/t10-/m1/s1. The van der Waals surface area contributed by atoms with Gasteiger partial charge in [0.1, 0.15) is 0 Å². The van der Waals surface area contributed by atoms with Crippen LogP contribution in [0.1, 0.15) is 23.6 Å². The molecule has 0 amide bonds. The number of nitrogens with zero attached hydrogens (tertiary/aromatic N) is 1. The molecule has 0 aromatic heterocycles. The van der Waals surface area contributed by atoms with Crippen LogP contribution >= 0.6 is 15.9 Å². The number of hydrogen-bond donors (Lipinski definition) is 1. The molecule has 0 unspecified atom stereocenters. The summed E-state index contributed by atoms with van der Waals surface area (Å²) in [5, 5.41) is 8.52. The zero-order chi connectivity index (χ0) is 9.84. The molecule has 68 valence electrons. The summed E-state index contributed by atoms with van der Waals surface area (Å²) in [6.07, 6.45) is 0.358. The van der Waals surface area contributed by atoms with Gasteiger partial charge in [0, 0.05) is 10.5 Å². The molecule has 1 rings (SSSR count). The molecule has 0 radical (unpaired) electrons. The van der Waals surface area contributed by atoms with Gasteiger partial charge in [-0.15, -0.1) is 0 Å². The summed E-state index contributed by atoms with van der Waals surface area (Å²) in [7, 11) is 0. The van der Waals surface area contributed by atoms with Crippen molar-refractivity contribution in [2.24, 2.45) is 5.73 Å². The van der Waals surface area contributed by atoms with Gasteiger partial charge in [0.05, 0.1) is 12.5 Å². The van der Waals surface area contributed by atoms with Crippen molar-refractivity contribution in [2.45, 2.75) is 19.4 Å². The lowest BCUT2D eigenvalue weighted by Crippen LogP contribution is -2.10. The smallest absolute Gasteiger partial charge is 0.0641 e. The van der Waals surface area contributed by atoms with Crippen LogP contribution in [0.4, 0.5) is 0 Å². The van der Waals surface area contributed by atoms with E-state index in [9.17, 15) is 0 Å². The van der Waals surface area contributed by atoms with Gasteiger partial charge in [-0.1, -0.05) is 28.1 Å². The molecule has 0 heterocycles. The molecule has 1 aromatic carbocycles. The summed E-state index contributed by atoms with van der Waals surface area (Å²) in [5.41, 5.74) is 7.99. The Morgan fingerprint density at radius 3 is 2.92 bits per heavy atom. The molecule has 0 saturated carbocycles. The second kappa shape index (κ2) is 4.40. The van der Waals surface area contributed by atoms with Crippen molar-refractivity contribution in [2.75, 3.05) is 0 Å². The van der Waals surface area contributed by atoms with Gasteiger partial charge in [0.2, 0.25) is 0 Å². The number of rotatable bonds is 2. The summed E-state index contributed by atoms with van der Waals surface area (Å²) in [5.74, 6) is 0. The number of benzene rings is 1. The predicted molar refractivity (Wildman–Crippen MR) is 56.0 cm³/mol.